The highest BCUT2D eigenvalue weighted by Gasteiger charge is 2.59. The van der Waals surface area contributed by atoms with Crippen LogP contribution in [0.2, 0.25) is 0 Å². The van der Waals surface area contributed by atoms with Gasteiger partial charge in [-0.3, -0.25) is 4.79 Å². The number of aryl methyl sites for hydroxylation is 1. The molecule has 6 nitrogen and oxygen atoms in total. The molecule has 3 aromatic carbocycles. The minimum absolute atomic E-state index is 0.0920. The molecule has 9 atom stereocenters. The molecule has 5 aliphatic carbocycles. The average molecular weight is 757 g/mol. The van der Waals surface area contributed by atoms with Gasteiger partial charge in [0.2, 0.25) is 0 Å². The summed E-state index contributed by atoms with van der Waals surface area (Å²) in [5.41, 5.74) is 5.14. The van der Waals surface area contributed by atoms with Gasteiger partial charge < -0.3 is 25.5 Å². The predicted octanol–water partition coefficient (Wildman–Crippen LogP) is 8.26. The third kappa shape index (κ3) is 7.52. The normalized spacial score (nSPS) is 31.4. The van der Waals surface area contributed by atoms with E-state index in [1.54, 1.807) is 12.1 Å². The molecular weight excluding hydrogens is 697 g/mol. The standard InChI is InChI=1S/C50H60O6/c51-30-34-15-14-32(24-34)8-3-1-2-4-9-35-11-7-12-39(31-52)47(49(55)56)50-29-45-40(27-38-10-5-6-13-43(38)48(45)54)28-41(50)21-18-37-17-16-33(26-46(37)50)25-44(35)36-19-22-42(53)23-20-36/h5-7,10,12-13,16-17,19-20,22-24,26-27,32,35,39-41,44-45,47,51-54H,1-4,8-9,11,14-15,18,21,25,28-31H2,(H,55,56)/b12-7+/t32-,35-,39-,40+,41-,44-,45-,47+,50+/m0/s1. The second kappa shape index (κ2) is 16.8. The number of unbranched alkanes of at least 4 members (excludes halogenated alkanes) is 3. The molecule has 0 aromatic heterocycles. The second-order valence-corrected chi connectivity index (χ2v) is 17.9. The molecule has 2 bridgehead atoms. The summed E-state index contributed by atoms with van der Waals surface area (Å²) in [5.74, 6) is -0.560. The molecule has 1 saturated carbocycles. The Labute approximate surface area is 332 Å². The number of aliphatic hydroxyl groups is 3. The smallest absolute Gasteiger partial charge is 0.308 e. The summed E-state index contributed by atoms with van der Waals surface area (Å²) in [7, 11) is 0. The van der Waals surface area contributed by atoms with Crippen LogP contribution in [0.5, 0.6) is 5.75 Å². The molecule has 0 aliphatic heterocycles. The Morgan fingerprint density at radius 1 is 0.839 bits per heavy atom. The SMILES string of the molecule is O=C(O)[C@H]1[C@H](CO)/C=C/C[C@H](CCCCCC[C@@H]2C=C(CO)CC2)[C@@H](c2ccc(O)cc2)Cc2ccc3c(c2)[C@]12C[C@@H]1C(O)=c4ccccc4=C[C@@H]1C[C@@H]2CC3. The monoisotopic (exact) mass is 756 g/mol. The molecule has 0 amide bonds. The summed E-state index contributed by atoms with van der Waals surface area (Å²) in [5, 5.41) is 56.1. The summed E-state index contributed by atoms with van der Waals surface area (Å²) >= 11 is 0. The summed E-state index contributed by atoms with van der Waals surface area (Å²) in [6, 6.07) is 22.6. The van der Waals surface area contributed by atoms with Gasteiger partial charge in [0, 0.05) is 22.5 Å². The lowest BCUT2D eigenvalue weighted by Crippen LogP contribution is -2.57. The Kier molecular flexibility index (Phi) is 11.6. The molecule has 0 unspecified atom stereocenters. The van der Waals surface area contributed by atoms with E-state index in [1.807, 2.05) is 24.3 Å². The topological polar surface area (TPSA) is 118 Å². The van der Waals surface area contributed by atoms with Crippen molar-refractivity contribution < 1.29 is 30.3 Å². The lowest BCUT2D eigenvalue weighted by atomic mass is 9.46. The van der Waals surface area contributed by atoms with Crippen LogP contribution >= 0.6 is 0 Å². The lowest BCUT2D eigenvalue weighted by molar-refractivity contribution is -0.150. The van der Waals surface area contributed by atoms with Crippen LogP contribution < -0.4 is 10.4 Å². The zero-order valence-corrected chi connectivity index (χ0v) is 32.7. The number of benzene rings is 3. The van der Waals surface area contributed by atoms with E-state index in [4.69, 9.17) is 0 Å². The van der Waals surface area contributed by atoms with Crippen LogP contribution in [-0.4, -0.2) is 44.7 Å². The number of phenols is 1. The highest BCUT2D eigenvalue weighted by Crippen LogP contribution is 2.60. The van der Waals surface area contributed by atoms with Gasteiger partial charge in [0.05, 0.1) is 19.1 Å². The van der Waals surface area contributed by atoms with Crippen molar-refractivity contribution in [3.05, 3.63) is 123 Å². The van der Waals surface area contributed by atoms with Gasteiger partial charge in [0.15, 0.2) is 0 Å². The molecule has 5 N–H and O–H groups in total. The van der Waals surface area contributed by atoms with Crippen molar-refractivity contribution >= 4 is 17.8 Å². The first-order valence-corrected chi connectivity index (χ1v) is 21.5. The fraction of sp³-hybridized carbons (Fsp3) is 0.500. The van der Waals surface area contributed by atoms with Crippen LogP contribution in [0.25, 0.3) is 11.8 Å². The minimum Gasteiger partial charge on any atom is -0.511 e. The van der Waals surface area contributed by atoms with Crippen molar-refractivity contribution in [1.29, 1.82) is 0 Å². The minimum atomic E-state index is -0.869. The zero-order valence-electron chi connectivity index (χ0n) is 32.7. The zero-order chi connectivity index (χ0) is 38.8. The predicted molar refractivity (Wildman–Crippen MR) is 221 cm³/mol. The van der Waals surface area contributed by atoms with E-state index in [9.17, 15) is 30.3 Å². The van der Waals surface area contributed by atoms with Gasteiger partial charge in [-0.05, 0) is 139 Å². The van der Waals surface area contributed by atoms with Crippen molar-refractivity contribution in [2.24, 2.45) is 41.4 Å². The summed E-state index contributed by atoms with van der Waals surface area (Å²) in [4.78, 5) is 13.8. The molecular formula is C50H60O6. The first-order valence-electron chi connectivity index (χ1n) is 21.5. The molecule has 0 heterocycles. The molecule has 8 rings (SSSR count). The maximum absolute atomic E-state index is 13.8. The Balaban J connectivity index is 1.14. The summed E-state index contributed by atoms with van der Waals surface area (Å²) in [6.07, 6.45) is 22.5. The molecule has 296 valence electrons. The second-order valence-electron chi connectivity index (χ2n) is 17.9. The van der Waals surface area contributed by atoms with Gasteiger partial charge in [-0.15, -0.1) is 0 Å². The van der Waals surface area contributed by atoms with E-state index >= 15 is 0 Å². The van der Waals surface area contributed by atoms with Crippen LogP contribution in [0.15, 0.2) is 90.5 Å². The summed E-state index contributed by atoms with van der Waals surface area (Å²) < 4.78 is 0. The largest absolute Gasteiger partial charge is 0.511 e. The number of hydrogen-bond acceptors (Lipinski definition) is 5. The number of fused-ring (bicyclic) bond motifs is 3. The van der Waals surface area contributed by atoms with Crippen LogP contribution in [0.3, 0.4) is 0 Å². The van der Waals surface area contributed by atoms with E-state index in [-0.39, 0.29) is 42.6 Å². The van der Waals surface area contributed by atoms with Crippen LogP contribution in [-0.2, 0) is 23.1 Å². The number of aliphatic carboxylic acids is 1. The van der Waals surface area contributed by atoms with Gasteiger partial charge in [0.1, 0.15) is 11.5 Å². The Hall–Kier alpha value is -4.13. The maximum Gasteiger partial charge on any atom is 0.308 e. The van der Waals surface area contributed by atoms with E-state index in [2.05, 4.69) is 54.6 Å². The quantitative estimate of drug-likeness (QED) is 0.0994. The molecule has 56 heavy (non-hydrogen) atoms. The third-order valence-corrected chi connectivity index (χ3v) is 14.8. The maximum atomic E-state index is 13.8. The van der Waals surface area contributed by atoms with Gasteiger partial charge in [-0.1, -0.05) is 105 Å². The number of aromatic hydroxyl groups is 1. The third-order valence-electron chi connectivity index (χ3n) is 14.8. The number of carboxylic acids is 1. The Bertz CT molecular complexity index is 2060. The fourth-order valence-corrected chi connectivity index (χ4v) is 12.1. The lowest BCUT2D eigenvalue weighted by Gasteiger charge is -2.57. The van der Waals surface area contributed by atoms with E-state index in [0.29, 0.717) is 24.0 Å². The van der Waals surface area contributed by atoms with Crippen LogP contribution in [0.4, 0.5) is 0 Å². The van der Waals surface area contributed by atoms with E-state index in [1.165, 1.54) is 41.5 Å². The average Bonchev–Trinajstić information content (AvgIpc) is 3.67. The fourth-order valence-electron chi connectivity index (χ4n) is 12.1. The number of carbonyl (C=O) groups is 1. The molecule has 1 fully saturated rings. The van der Waals surface area contributed by atoms with Gasteiger partial charge in [-0.2, -0.15) is 0 Å². The van der Waals surface area contributed by atoms with Crippen molar-refractivity contribution in [2.75, 3.05) is 13.2 Å². The van der Waals surface area contributed by atoms with Crippen molar-refractivity contribution in [3.8, 4) is 5.75 Å². The highest BCUT2D eigenvalue weighted by atomic mass is 16.4. The Morgan fingerprint density at radius 3 is 2.41 bits per heavy atom. The van der Waals surface area contributed by atoms with E-state index < -0.39 is 23.2 Å². The molecule has 0 saturated heterocycles. The number of hydrogen-bond donors (Lipinski definition) is 5. The Morgan fingerprint density at radius 2 is 1.64 bits per heavy atom. The molecule has 5 aliphatic rings. The first-order chi connectivity index (χ1) is 27.3. The number of rotatable bonds is 11. The van der Waals surface area contributed by atoms with Gasteiger partial charge >= 0.3 is 5.97 Å². The van der Waals surface area contributed by atoms with Crippen molar-refractivity contribution in [1.82, 2.24) is 0 Å². The molecule has 0 radical (unpaired) electrons. The van der Waals surface area contributed by atoms with Crippen molar-refractivity contribution in [3.63, 3.8) is 0 Å². The van der Waals surface area contributed by atoms with Gasteiger partial charge in [-0.25, -0.2) is 0 Å². The first kappa shape index (κ1) is 38.7. The van der Waals surface area contributed by atoms with Crippen LogP contribution in [0, 0.1) is 41.4 Å². The number of carboxylic acid groups (broad SMARTS) is 1. The van der Waals surface area contributed by atoms with Crippen LogP contribution in [0.1, 0.15) is 105 Å². The number of aliphatic hydroxyl groups excluding tert-OH is 3. The molecule has 6 heteroatoms. The molecule has 3 aromatic rings. The molecule has 1 spiro atoms. The van der Waals surface area contributed by atoms with Gasteiger partial charge in [0.25, 0.3) is 0 Å². The number of phenolic OH excluding ortho intramolecular Hbond substituents is 1. The highest BCUT2D eigenvalue weighted by molar-refractivity contribution is 5.74. The number of allylic oxidation sites excluding steroid dienone is 2. The summed E-state index contributed by atoms with van der Waals surface area (Å²) in [6.45, 7) is -0.0619. The van der Waals surface area contributed by atoms with Crippen molar-refractivity contribution in [2.45, 2.75) is 101 Å². The van der Waals surface area contributed by atoms with E-state index in [0.717, 1.165) is 80.2 Å².